The zero-order chi connectivity index (χ0) is 24.5. The maximum atomic E-state index is 13.5. The van der Waals surface area contributed by atoms with Crippen molar-refractivity contribution in [2.75, 3.05) is 18.4 Å². The second-order valence-corrected chi connectivity index (χ2v) is 10.3. The van der Waals surface area contributed by atoms with Crippen LogP contribution in [0.4, 0.5) is 10.1 Å². The first kappa shape index (κ1) is 23.6. The number of fused-ring (bicyclic) bond motifs is 1. The quantitative estimate of drug-likeness (QED) is 0.341. The third-order valence-corrected chi connectivity index (χ3v) is 7.70. The largest absolute Gasteiger partial charge is 0.337 e. The Morgan fingerprint density at radius 2 is 1.83 bits per heavy atom. The molecule has 0 atom stereocenters. The van der Waals surface area contributed by atoms with Crippen molar-refractivity contribution in [3.63, 3.8) is 0 Å². The fourth-order valence-electron chi connectivity index (χ4n) is 4.56. The van der Waals surface area contributed by atoms with Gasteiger partial charge in [0.2, 0.25) is 5.91 Å². The van der Waals surface area contributed by atoms with Gasteiger partial charge in [0, 0.05) is 25.6 Å². The Morgan fingerprint density at radius 1 is 1.09 bits per heavy atom. The van der Waals surface area contributed by atoms with Gasteiger partial charge in [-0.3, -0.25) is 9.59 Å². The Hall–Kier alpha value is -3.16. The highest BCUT2D eigenvalue weighted by molar-refractivity contribution is 7.17. The van der Waals surface area contributed by atoms with Crippen LogP contribution < -0.4 is 5.32 Å². The number of anilines is 1. The van der Waals surface area contributed by atoms with E-state index in [0.29, 0.717) is 48.9 Å². The number of carbonyl (C=O) groups excluding carboxylic acids is 2. The average Bonchev–Trinajstić information content (AvgIpc) is 3.44. The Bertz CT molecular complexity index is 1390. The maximum Gasteiger partial charge on any atom is 0.270 e. The van der Waals surface area contributed by atoms with Crippen LogP contribution in [0.25, 0.3) is 10.2 Å². The lowest BCUT2D eigenvalue weighted by atomic mass is 9.95. The standard InChI is InChI=1S/C27H25ClFN3O2S/c1-17-2-7-22(21(28)14-17)30-26(33)19-8-11-31(12-9-19)27(34)24-15-25-23(10-13-35-25)32(24)16-18-3-5-20(29)6-4-18/h2-7,10,13-15,19H,8-9,11-12,16H2,1H3,(H,30,33). The maximum absolute atomic E-state index is 13.5. The molecule has 0 unspecified atom stereocenters. The zero-order valence-corrected chi connectivity index (χ0v) is 20.8. The molecule has 1 aliphatic rings. The Morgan fingerprint density at radius 3 is 2.54 bits per heavy atom. The van der Waals surface area contributed by atoms with E-state index >= 15 is 0 Å². The normalized spacial score (nSPS) is 14.4. The van der Waals surface area contributed by atoms with Gasteiger partial charge in [0.1, 0.15) is 11.5 Å². The number of halogens is 2. The number of benzene rings is 2. The van der Waals surface area contributed by atoms with Crippen LogP contribution in [-0.4, -0.2) is 34.4 Å². The molecule has 1 N–H and O–H groups in total. The summed E-state index contributed by atoms with van der Waals surface area (Å²) in [6.45, 7) is 3.45. The highest BCUT2D eigenvalue weighted by Gasteiger charge is 2.30. The molecule has 0 aliphatic carbocycles. The fraction of sp³-hybridized carbons (Fsp3) is 0.259. The first-order valence-electron chi connectivity index (χ1n) is 11.6. The van der Waals surface area contributed by atoms with Gasteiger partial charge in [-0.05, 0) is 72.7 Å². The molecule has 1 saturated heterocycles. The number of nitrogens with zero attached hydrogens (tertiary/aromatic N) is 2. The topological polar surface area (TPSA) is 54.3 Å². The van der Waals surface area contributed by atoms with Gasteiger partial charge in [-0.15, -0.1) is 11.3 Å². The minimum absolute atomic E-state index is 0.0454. The summed E-state index contributed by atoms with van der Waals surface area (Å²) in [6, 6.07) is 15.8. The molecule has 5 nitrogen and oxygen atoms in total. The van der Waals surface area contributed by atoms with E-state index in [1.807, 2.05) is 52.1 Å². The van der Waals surface area contributed by atoms with Crippen molar-refractivity contribution < 1.29 is 14.0 Å². The summed E-state index contributed by atoms with van der Waals surface area (Å²) in [6.07, 6.45) is 1.18. The van der Waals surface area contributed by atoms with E-state index in [0.717, 1.165) is 21.3 Å². The summed E-state index contributed by atoms with van der Waals surface area (Å²) in [5.41, 5.74) is 4.18. The molecule has 180 valence electrons. The highest BCUT2D eigenvalue weighted by Crippen LogP contribution is 2.29. The Labute approximate surface area is 212 Å². The highest BCUT2D eigenvalue weighted by atomic mass is 35.5. The first-order chi connectivity index (χ1) is 16.9. The van der Waals surface area contributed by atoms with E-state index in [2.05, 4.69) is 5.32 Å². The molecule has 0 bridgehead atoms. The number of hydrogen-bond donors (Lipinski definition) is 1. The predicted molar refractivity (Wildman–Crippen MR) is 139 cm³/mol. The number of amides is 2. The van der Waals surface area contributed by atoms with Crippen LogP contribution in [0.15, 0.2) is 60.0 Å². The molecule has 2 aromatic heterocycles. The molecular weight excluding hydrogens is 485 g/mol. The van der Waals surface area contributed by atoms with Gasteiger partial charge >= 0.3 is 0 Å². The number of hydrogen-bond acceptors (Lipinski definition) is 3. The van der Waals surface area contributed by atoms with Gasteiger partial charge < -0.3 is 14.8 Å². The molecule has 35 heavy (non-hydrogen) atoms. The van der Waals surface area contributed by atoms with E-state index in [-0.39, 0.29) is 23.5 Å². The summed E-state index contributed by atoms with van der Waals surface area (Å²) in [5.74, 6) is -0.570. The predicted octanol–water partition coefficient (Wildman–Crippen LogP) is 6.34. The Kier molecular flexibility index (Phi) is 6.62. The van der Waals surface area contributed by atoms with Crippen molar-refractivity contribution in [2.24, 2.45) is 5.92 Å². The monoisotopic (exact) mass is 509 g/mol. The molecule has 1 fully saturated rings. The lowest BCUT2D eigenvalue weighted by Crippen LogP contribution is -2.42. The summed E-state index contributed by atoms with van der Waals surface area (Å²) in [4.78, 5) is 28.1. The van der Waals surface area contributed by atoms with Gasteiger partial charge in [0.05, 0.1) is 20.9 Å². The van der Waals surface area contributed by atoms with E-state index in [9.17, 15) is 14.0 Å². The zero-order valence-electron chi connectivity index (χ0n) is 19.3. The summed E-state index contributed by atoms with van der Waals surface area (Å²) < 4.78 is 16.4. The number of rotatable bonds is 5. The molecule has 1 aliphatic heterocycles. The van der Waals surface area contributed by atoms with E-state index in [4.69, 9.17) is 11.6 Å². The minimum Gasteiger partial charge on any atom is -0.337 e. The van der Waals surface area contributed by atoms with Gasteiger partial charge in [0.15, 0.2) is 0 Å². The molecule has 8 heteroatoms. The number of thiophene rings is 1. The van der Waals surface area contributed by atoms with Crippen LogP contribution in [0.1, 0.15) is 34.5 Å². The number of aryl methyl sites for hydroxylation is 1. The molecule has 0 saturated carbocycles. The lowest BCUT2D eigenvalue weighted by Gasteiger charge is -2.31. The van der Waals surface area contributed by atoms with Gasteiger partial charge in [0.25, 0.3) is 5.91 Å². The molecule has 3 heterocycles. The number of likely N-dealkylation sites (tertiary alicyclic amines) is 1. The fourth-order valence-corrected chi connectivity index (χ4v) is 5.66. The van der Waals surface area contributed by atoms with Crippen LogP contribution in [0, 0.1) is 18.7 Å². The van der Waals surface area contributed by atoms with Crippen LogP contribution >= 0.6 is 22.9 Å². The van der Waals surface area contributed by atoms with Crippen LogP contribution in [0.3, 0.4) is 0 Å². The smallest absolute Gasteiger partial charge is 0.270 e. The van der Waals surface area contributed by atoms with Crippen molar-refractivity contribution in [3.8, 4) is 0 Å². The average molecular weight is 510 g/mol. The molecule has 0 spiro atoms. The molecule has 2 aromatic carbocycles. The molecule has 0 radical (unpaired) electrons. The van der Waals surface area contributed by atoms with Crippen molar-refractivity contribution >= 4 is 50.7 Å². The van der Waals surface area contributed by atoms with E-state index < -0.39 is 0 Å². The lowest BCUT2D eigenvalue weighted by molar-refractivity contribution is -0.121. The molecule has 4 aromatic rings. The van der Waals surface area contributed by atoms with E-state index in [1.165, 1.54) is 12.1 Å². The number of piperidine rings is 1. The molecule has 2 amide bonds. The van der Waals surface area contributed by atoms with Gasteiger partial charge in [-0.2, -0.15) is 0 Å². The SMILES string of the molecule is Cc1ccc(NC(=O)C2CCN(C(=O)c3cc4sccc4n3Cc3ccc(F)cc3)CC2)c(Cl)c1. The first-order valence-corrected chi connectivity index (χ1v) is 12.8. The van der Waals surface area contributed by atoms with Crippen molar-refractivity contribution in [1.29, 1.82) is 0 Å². The Balaban J connectivity index is 1.28. The summed E-state index contributed by atoms with van der Waals surface area (Å²) >= 11 is 7.85. The number of aromatic nitrogens is 1. The van der Waals surface area contributed by atoms with E-state index in [1.54, 1.807) is 23.5 Å². The number of nitrogens with one attached hydrogen (secondary N) is 1. The second-order valence-electron chi connectivity index (χ2n) is 8.95. The van der Waals surface area contributed by atoms with Crippen LogP contribution in [0.2, 0.25) is 5.02 Å². The van der Waals surface area contributed by atoms with Gasteiger partial charge in [-0.25, -0.2) is 4.39 Å². The van der Waals surface area contributed by atoms with Crippen molar-refractivity contribution in [3.05, 3.63) is 87.6 Å². The van der Waals surface area contributed by atoms with Crippen molar-refractivity contribution in [2.45, 2.75) is 26.3 Å². The van der Waals surface area contributed by atoms with Crippen LogP contribution in [0.5, 0.6) is 0 Å². The third-order valence-electron chi connectivity index (χ3n) is 6.53. The number of carbonyl (C=O) groups is 2. The van der Waals surface area contributed by atoms with Crippen LogP contribution in [-0.2, 0) is 11.3 Å². The summed E-state index contributed by atoms with van der Waals surface area (Å²) in [7, 11) is 0. The minimum atomic E-state index is -0.283. The third kappa shape index (κ3) is 4.97. The van der Waals surface area contributed by atoms with Gasteiger partial charge in [-0.1, -0.05) is 29.8 Å². The summed E-state index contributed by atoms with van der Waals surface area (Å²) in [5, 5.41) is 5.46. The molecule has 5 rings (SSSR count). The van der Waals surface area contributed by atoms with Crippen molar-refractivity contribution in [1.82, 2.24) is 9.47 Å². The second kappa shape index (κ2) is 9.84. The molecular formula is C27H25ClFN3O2S.